The third-order valence-electron chi connectivity index (χ3n) is 2.99. The Kier molecular flexibility index (Phi) is 6.80. The molecule has 0 aromatic heterocycles. The molecule has 0 aliphatic carbocycles. The van der Waals surface area contributed by atoms with E-state index in [1.807, 2.05) is 0 Å². The van der Waals surface area contributed by atoms with Gasteiger partial charge >= 0.3 is 12.1 Å². The highest BCUT2D eigenvalue weighted by Gasteiger charge is 2.37. The van der Waals surface area contributed by atoms with Crippen LogP contribution >= 0.6 is 0 Å². The molecule has 0 aromatic carbocycles. The molecule has 1 amide bonds. The minimum Gasteiger partial charge on any atom is -0.478 e. The van der Waals surface area contributed by atoms with Crippen LogP contribution in [0.3, 0.4) is 0 Å². The molecule has 6 nitrogen and oxygen atoms in total. The predicted octanol–water partition coefficient (Wildman–Crippen LogP) is 2.38. The second-order valence-electron chi connectivity index (χ2n) is 6.22. The van der Waals surface area contributed by atoms with E-state index >= 15 is 0 Å². The molecule has 7 heteroatoms. The lowest BCUT2D eigenvalue weighted by molar-refractivity contribution is -0.131. The summed E-state index contributed by atoms with van der Waals surface area (Å²) in [7, 11) is 0. The van der Waals surface area contributed by atoms with E-state index in [1.54, 1.807) is 20.8 Å². The largest absolute Gasteiger partial charge is 0.478 e. The van der Waals surface area contributed by atoms with Gasteiger partial charge in [-0.2, -0.15) is 0 Å². The van der Waals surface area contributed by atoms with Crippen LogP contribution in [0.1, 0.15) is 33.6 Å². The molecule has 2 atom stereocenters. The normalized spacial score (nSPS) is 22.3. The van der Waals surface area contributed by atoms with Crippen LogP contribution in [0.4, 0.5) is 9.18 Å². The fourth-order valence-electron chi connectivity index (χ4n) is 2.12. The van der Waals surface area contributed by atoms with E-state index in [4.69, 9.17) is 14.6 Å². The summed E-state index contributed by atoms with van der Waals surface area (Å²) < 4.78 is 24.2. The molecule has 0 radical (unpaired) electrons. The summed E-state index contributed by atoms with van der Waals surface area (Å²) in [5.41, 5.74) is -0.626. The first-order valence-electron chi connectivity index (χ1n) is 7.30. The minimum atomic E-state index is -1.08. The number of amides is 1. The summed E-state index contributed by atoms with van der Waals surface area (Å²) in [6.45, 7) is 5.82. The number of carbonyl (C=O) groups is 2. The van der Waals surface area contributed by atoms with Gasteiger partial charge in [-0.25, -0.2) is 14.0 Å². The number of likely N-dealkylation sites (tertiary alicyclic amines) is 1. The minimum absolute atomic E-state index is 0.0157. The number of rotatable bonds is 6. The van der Waals surface area contributed by atoms with Crippen molar-refractivity contribution in [3.8, 4) is 0 Å². The van der Waals surface area contributed by atoms with Crippen LogP contribution in [-0.2, 0) is 14.3 Å². The summed E-state index contributed by atoms with van der Waals surface area (Å²) in [6.07, 6.45) is 1.60. The summed E-state index contributed by atoms with van der Waals surface area (Å²) in [6, 6.07) is -0.353. The number of carboxylic acid groups (broad SMARTS) is 1. The zero-order valence-electron chi connectivity index (χ0n) is 13.3. The van der Waals surface area contributed by atoms with E-state index in [1.165, 1.54) is 11.0 Å². The van der Waals surface area contributed by atoms with Gasteiger partial charge < -0.3 is 14.6 Å². The van der Waals surface area contributed by atoms with Crippen LogP contribution in [0.5, 0.6) is 0 Å². The van der Waals surface area contributed by atoms with Crippen LogP contribution in [0, 0.1) is 0 Å². The maximum Gasteiger partial charge on any atom is 0.410 e. The summed E-state index contributed by atoms with van der Waals surface area (Å²) in [4.78, 5) is 23.7. The van der Waals surface area contributed by atoms with Crippen molar-refractivity contribution in [3.63, 3.8) is 0 Å². The molecule has 1 saturated heterocycles. The van der Waals surface area contributed by atoms with Crippen LogP contribution in [0.2, 0.25) is 0 Å². The van der Waals surface area contributed by atoms with E-state index < -0.39 is 23.8 Å². The number of carbonyl (C=O) groups excluding carboxylic acids is 1. The average molecular weight is 317 g/mol. The fourth-order valence-corrected chi connectivity index (χ4v) is 2.12. The van der Waals surface area contributed by atoms with E-state index in [0.29, 0.717) is 13.0 Å². The van der Waals surface area contributed by atoms with Crippen molar-refractivity contribution in [1.29, 1.82) is 0 Å². The summed E-state index contributed by atoms with van der Waals surface area (Å²) >= 11 is 0. The molecule has 1 N–H and O–H groups in total. The first-order chi connectivity index (χ1) is 10.2. The maximum absolute atomic E-state index is 13.6. The van der Waals surface area contributed by atoms with E-state index in [2.05, 4.69) is 0 Å². The Labute approximate surface area is 129 Å². The Bertz CT molecular complexity index is 419. The molecule has 1 fully saturated rings. The molecule has 1 rings (SSSR count). The number of alkyl halides is 1. The predicted molar refractivity (Wildman–Crippen MR) is 78.5 cm³/mol. The lowest BCUT2D eigenvalue weighted by Crippen LogP contribution is -2.42. The SMILES string of the molecule is CC(C)(C)OC(=O)N1C[C@@H](F)C[C@H]1COCC/C=C/C(=O)O. The quantitative estimate of drug-likeness (QED) is 0.601. The van der Waals surface area contributed by atoms with Gasteiger partial charge in [-0.15, -0.1) is 0 Å². The molecule has 0 spiro atoms. The highest BCUT2D eigenvalue weighted by molar-refractivity contribution is 5.79. The van der Waals surface area contributed by atoms with Gasteiger partial charge in [0.15, 0.2) is 0 Å². The Hall–Kier alpha value is -1.63. The van der Waals surface area contributed by atoms with Gasteiger partial charge in [-0.3, -0.25) is 4.90 Å². The van der Waals surface area contributed by atoms with Gasteiger partial charge in [0, 0.05) is 12.5 Å². The van der Waals surface area contributed by atoms with Crippen LogP contribution in [0.15, 0.2) is 12.2 Å². The van der Waals surface area contributed by atoms with Gasteiger partial charge in [0.25, 0.3) is 0 Å². The van der Waals surface area contributed by atoms with Crippen LogP contribution in [-0.4, -0.2) is 59.6 Å². The number of nitrogens with zero attached hydrogens (tertiary/aromatic N) is 1. The van der Waals surface area contributed by atoms with E-state index in [0.717, 1.165) is 6.08 Å². The highest BCUT2D eigenvalue weighted by atomic mass is 19.1. The first kappa shape index (κ1) is 18.4. The van der Waals surface area contributed by atoms with Gasteiger partial charge in [0.2, 0.25) is 0 Å². The number of ether oxygens (including phenoxy) is 2. The van der Waals surface area contributed by atoms with Gasteiger partial charge in [-0.1, -0.05) is 6.08 Å². The lowest BCUT2D eigenvalue weighted by Gasteiger charge is -2.28. The molecule has 0 aromatic rings. The monoisotopic (exact) mass is 317 g/mol. The first-order valence-corrected chi connectivity index (χ1v) is 7.30. The van der Waals surface area contributed by atoms with Crippen molar-refractivity contribution >= 4 is 12.1 Å². The second-order valence-corrected chi connectivity index (χ2v) is 6.22. The Morgan fingerprint density at radius 3 is 2.68 bits per heavy atom. The van der Waals surface area contributed by atoms with Gasteiger partial charge in [0.05, 0.1) is 25.8 Å². The van der Waals surface area contributed by atoms with Crippen molar-refractivity contribution in [2.45, 2.75) is 51.4 Å². The molecule has 1 heterocycles. The van der Waals surface area contributed by atoms with Gasteiger partial charge in [-0.05, 0) is 27.2 Å². The standard InChI is InChI=1S/C15H24FNO5/c1-15(2,3)22-14(20)17-9-11(16)8-12(17)10-21-7-5-4-6-13(18)19/h4,6,11-12H,5,7-10H2,1-3H3,(H,18,19)/b6-4+/t11-,12-/m0/s1. The third-order valence-corrected chi connectivity index (χ3v) is 2.99. The highest BCUT2D eigenvalue weighted by Crippen LogP contribution is 2.23. The molecular formula is C15H24FNO5. The zero-order chi connectivity index (χ0) is 16.8. The van der Waals surface area contributed by atoms with Crippen molar-refractivity contribution < 1.29 is 28.6 Å². The second kappa shape index (κ2) is 8.12. The average Bonchev–Trinajstić information content (AvgIpc) is 2.72. The van der Waals surface area contributed by atoms with Crippen LogP contribution < -0.4 is 0 Å². The van der Waals surface area contributed by atoms with Crippen LogP contribution in [0.25, 0.3) is 0 Å². The number of hydrogen-bond donors (Lipinski definition) is 1. The number of halogens is 1. The number of carboxylic acids is 1. The van der Waals surface area contributed by atoms with E-state index in [9.17, 15) is 14.0 Å². The molecule has 0 unspecified atom stereocenters. The number of hydrogen-bond acceptors (Lipinski definition) is 4. The Morgan fingerprint density at radius 2 is 2.09 bits per heavy atom. The Balaban J connectivity index is 2.40. The molecule has 126 valence electrons. The molecule has 22 heavy (non-hydrogen) atoms. The molecule has 0 bridgehead atoms. The van der Waals surface area contributed by atoms with Crippen molar-refractivity contribution in [2.24, 2.45) is 0 Å². The molecule has 1 aliphatic heterocycles. The van der Waals surface area contributed by atoms with Gasteiger partial charge in [0.1, 0.15) is 11.8 Å². The summed E-state index contributed by atoms with van der Waals surface area (Å²) in [5, 5.41) is 8.43. The van der Waals surface area contributed by atoms with Crippen molar-refractivity contribution in [1.82, 2.24) is 4.90 Å². The smallest absolute Gasteiger partial charge is 0.410 e. The zero-order valence-corrected chi connectivity index (χ0v) is 13.3. The molecule has 1 aliphatic rings. The summed E-state index contributed by atoms with van der Waals surface area (Å²) in [5.74, 6) is -1.01. The van der Waals surface area contributed by atoms with Crippen molar-refractivity contribution in [3.05, 3.63) is 12.2 Å². The number of aliphatic carboxylic acids is 1. The fraction of sp³-hybridized carbons (Fsp3) is 0.733. The topological polar surface area (TPSA) is 76.1 Å². The van der Waals surface area contributed by atoms with E-state index in [-0.39, 0.29) is 25.6 Å². The lowest BCUT2D eigenvalue weighted by atomic mass is 10.2. The van der Waals surface area contributed by atoms with Crippen molar-refractivity contribution in [2.75, 3.05) is 19.8 Å². The third kappa shape index (κ3) is 6.89. The maximum atomic E-state index is 13.6. The molecular weight excluding hydrogens is 293 g/mol. The molecule has 0 saturated carbocycles. The Morgan fingerprint density at radius 1 is 1.41 bits per heavy atom.